The van der Waals surface area contributed by atoms with Gasteiger partial charge in [0.05, 0.1) is 11.1 Å². The van der Waals surface area contributed by atoms with Crippen LogP contribution < -0.4 is 10.2 Å². The number of amides is 1. The SMILES string of the molecule is Cc1nn(CC(=O)N/N=C/c2ccc(OCc3ccc(Cl)cc3)cc2)c(C)c1[N+](=O)[O-]. The van der Waals surface area contributed by atoms with Gasteiger partial charge < -0.3 is 4.74 Å². The first-order chi connectivity index (χ1) is 14.8. The van der Waals surface area contributed by atoms with Crippen LogP contribution in [0.3, 0.4) is 0 Å². The number of aryl methyl sites for hydroxylation is 1. The summed E-state index contributed by atoms with van der Waals surface area (Å²) in [5.74, 6) is 0.252. The highest BCUT2D eigenvalue weighted by Crippen LogP contribution is 2.21. The second kappa shape index (κ2) is 9.86. The zero-order valence-electron chi connectivity index (χ0n) is 16.9. The lowest BCUT2D eigenvalue weighted by Crippen LogP contribution is -2.24. The lowest BCUT2D eigenvalue weighted by molar-refractivity contribution is -0.386. The molecule has 1 N–H and O–H groups in total. The van der Waals surface area contributed by atoms with Crippen molar-refractivity contribution in [1.29, 1.82) is 0 Å². The van der Waals surface area contributed by atoms with Gasteiger partial charge in [-0.05, 0) is 61.4 Å². The number of nitro groups is 1. The molecule has 0 saturated carbocycles. The fraction of sp³-hybridized carbons (Fsp3) is 0.190. The fourth-order valence-corrected chi connectivity index (χ4v) is 2.98. The molecule has 1 aromatic heterocycles. The van der Waals surface area contributed by atoms with Gasteiger partial charge in [-0.25, -0.2) is 5.43 Å². The summed E-state index contributed by atoms with van der Waals surface area (Å²) in [6.07, 6.45) is 1.49. The number of hydrogen-bond acceptors (Lipinski definition) is 6. The van der Waals surface area contributed by atoms with Crippen molar-refractivity contribution in [3.05, 3.63) is 86.2 Å². The lowest BCUT2D eigenvalue weighted by Gasteiger charge is -2.06. The van der Waals surface area contributed by atoms with E-state index in [4.69, 9.17) is 16.3 Å². The predicted octanol–water partition coefficient (Wildman–Crippen LogP) is 3.79. The molecular weight excluding hydrogens is 422 g/mol. The Morgan fingerprint density at radius 3 is 2.52 bits per heavy atom. The van der Waals surface area contributed by atoms with E-state index < -0.39 is 10.8 Å². The first kappa shape index (κ1) is 22.0. The monoisotopic (exact) mass is 441 g/mol. The smallest absolute Gasteiger partial charge is 0.312 e. The average Bonchev–Trinajstić information content (AvgIpc) is 3.01. The Hall–Kier alpha value is -3.72. The highest BCUT2D eigenvalue weighted by Gasteiger charge is 2.22. The molecule has 0 aliphatic heterocycles. The van der Waals surface area contributed by atoms with Crippen LogP contribution in [0.15, 0.2) is 53.6 Å². The van der Waals surface area contributed by atoms with E-state index in [-0.39, 0.29) is 17.9 Å². The third-order valence-corrected chi connectivity index (χ3v) is 4.67. The van der Waals surface area contributed by atoms with E-state index in [0.29, 0.717) is 23.1 Å². The average molecular weight is 442 g/mol. The minimum atomic E-state index is -0.507. The van der Waals surface area contributed by atoms with Crippen LogP contribution in [-0.2, 0) is 17.9 Å². The molecule has 0 spiro atoms. The topological polar surface area (TPSA) is 112 Å². The predicted molar refractivity (Wildman–Crippen MR) is 116 cm³/mol. The van der Waals surface area contributed by atoms with Crippen LogP contribution in [0.4, 0.5) is 5.69 Å². The first-order valence-electron chi connectivity index (χ1n) is 9.31. The normalized spacial score (nSPS) is 10.9. The summed E-state index contributed by atoms with van der Waals surface area (Å²) in [6, 6.07) is 14.6. The molecule has 1 amide bonds. The second-order valence-corrected chi connectivity index (χ2v) is 7.15. The summed E-state index contributed by atoms with van der Waals surface area (Å²) in [5, 5.41) is 19.7. The Balaban J connectivity index is 1.50. The van der Waals surface area contributed by atoms with E-state index >= 15 is 0 Å². The summed E-state index contributed by atoms with van der Waals surface area (Å²) < 4.78 is 7.00. The summed E-state index contributed by atoms with van der Waals surface area (Å²) in [4.78, 5) is 22.6. The van der Waals surface area contributed by atoms with Crippen molar-refractivity contribution in [2.45, 2.75) is 27.0 Å². The maximum absolute atomic E-state index is 12.1. The molecule has 2 aromatic carbocycles. The molecule has 9 nitrogen and oxygen atoms in total. The number of ether oxygens (including phenoxy) is 1. The number of carbonyl (C=O) groups is 1. The van der Waals surface area contributed by atoms with Gasteiger partial charge >= 0.3 is 5.69 Å². The van der Waals surface area contributed by atoms with E-state index in [2.05, 4.69) is 15.6 Å². The van der Waals surface area contributed by atoms with Crippen molar-refractivity contribution in [2.75, 3.05) is 0 Å². The molecule has 0 bridgehead atoms. The van der Waals surface area contributed by atoms with E-state index in [9.17, 15) is 14.9 Å². The van der Waals surface area contributed by atoms with Gasteiger partial charge in [0.15, 0.2) is 0 Å². The number of hydrazone groups is 1. The van der Waals surface area contributed by atoms with Crippen molar-refractivity contribution in [3.8, 4) is 5.75 Å². The van der Waals surface area contributed by atoms with Crippen LogP contribution in [0, 0.1) is 24.0 Å². The zero-order valence-corrected chi connectivity index (χ0v) is 17.7. The number of benzene rings is 2. The Kier molecular flexibility index (Phi) is 6.99. The Morgan fingerprint density at radius 2 is 1.90 bits per heavy atom. The number of nitrogens with zero attached hydrogens (tertiary/aromatic N) is 4. The van der Waals surface area contributed by atoms with Crippen LogP contribution in [0.5, 0.6) is 5.75 Å². The molecule has 0 radical (unpaired) electrons. The van der Waals surface area contributed by atoms with E-state index in [1.807, 2.05) is 24.3 Å². The molecule has 1 heterocycles. The number of rotatable bonds is 8. The Labute approximate surface area is 183 Å². The highest BCUT2D eigenvalue weighted by molar-refractivity contribution is 6.30. The summed E-state index contributed by atoms with van der Waals surface area (Å²) in [7, 11) is 0. The molecule has 0 aliphatic carbocycles. The Morgan fingerprint density at radius 1 is 1.23 bits per heavy atom. The van der Waals surface area contributed by atoms with Gasteiger partial charge in [-0.1, -0.05) is 23.7 Å². The molecular formula is C21H20ClN5O4. The van der Waals surface area contributed by atoms with Gasteiger partial charge in [-0.2, -0.15) is 10.2 Å². The van der Waals surface area contributed by atoms with Gasteiger partial charge in [0.2, 0.25) is 0 Å². The number of halogens is 1. The van der Waals surface area contributed by atoms with Crippen LogP contribution in [0.2, 0.25) is 5.02 Å². The maximum Gasteiger partial charge on any atom is 0.312 e. The summed E-state index contributed by atoms with van der Waals surface area (Å²) >= 11 is 5.87. The van der Waals surface area contributed by atoms with Crippen LogP contribution in [0.1, 0.15) is 22.5 Å². The Bertz CT molecular complexity index is 1110. The van der Waals surface area contributed by atoms with Crippen LogP contribution in [0.25, 0.3) is 0 Å². The second-order valence-electron chi connectivity index (χ2n) is 6.71. The molecule has 0 fully saturated rings. The van der Waals surface area contributed by atoms with Crippen molar-refractivity contribution in [2.24, 2.45) is 5.10 Å². The van der Waals surface area contributed by atoms with Crippen molar-refractivity contribution >= 4 is 29.4 Å². The minimum Gasteiger partial charge on any atom is -0.489 e. The minimum absolute atomic E-state index is 0.0883. The van der Waals surface area contributed by atoms with Crippen molar-refractivity contribution in [3.63, 3.8) is 0 Å². The molecule has 0 atom stereocenters. The molecule has 160 valence electrons. The first-order valence-corrected chi connectivity index (χ1v) is 9.69. The van der Waals surface area contributed by atoms with Crippen molar-refractivity contribution in [1.82, 2.24) is 15.2 Å². The van der Waals surface area contributed by atoms with Gasteiger partial charge in [0.1, 0.15) is 30.3 Å². The van der Waals surface area contributed by atoms with Gasteiger partial charge in [-0.3, -0.25) is 19.6 Å². The van der Waals surface area contributed by atoms with Gasteiger partial charge in [0, 0.05) is 5.02 Å². The van der Waals surface area contributed by atoms with Crippen LogP contribution >= 0.6 is 11.6 Å². The maximum atomic E-state index is 12.1. The van der Waals surface area contributed by atoms with Gasteiger partial charge in [-0.15, -0.1) is 0 Å². The summed E-state index contributed by atoms with van der Waals surface area (Å²) in [5.41, 5.74) is 4.65. The van der Waals surface area contributed by atoms with E-state index in [1.54, 1.807) is 31.2 Å². The summed E-state index contributed by atoms with van der Waals surface area (Å²) in [6.45, 7) is 3.33. The number of carbonyl (C=O) groups excluding carboxylic acids is 1. The number of nitrogens with one attached hydrogen (secondary N) is 1. The number of hydrogen-bond donors (Lipinski definition) is 1. The molecule has 10 heteroatoms. The third kappa shape index (κ3) is 5.89. The van der Waals surface area contributed by atoms with E-state index in [0.717, 1.165) is 11.1 Å². The fourth-order valence-electron chi connectivity index (χ4n) is 2.85. The zero-order chi connectivity index (χ0) is 22.4. The van der Waals surface area contributed by atoms with Gasteiger partial charge in [0.25, 0.3) is 5.91 Å². The molecule has 0 unspecified atom stereocenters. The largest absolute Gasteiger partial charge is 0.489 e. The highest BCUT2D eigenvalue weighted by atomic mass is 35.5. The quantitative estimate of drug-likeness (QED) is 0.324. The molecule has 3 rings (SSSR count). The molecule has 0 aliphatic rings. The molecule has 3 aromatic rings. The molecule has 0 saturated heterocycles. The number of aromatic nitrogens is 2. The standard InChI is InChI=1S/C21H20ClN5O4/c1-14-21(27(29)30)15(2)26(25-14)12-20(28)24-23-11-16-5-9-19(10-6-16)31-13-17-3-7-18(22)8-4-17/h3-11H,12-13H2,1-2H3,(H,24,28)/b23-11+. The lowest BCUT2D eigenvalue weighted by atomic mass is 10.2. The van der Waals surface area contributed by atoms with Crippen LogP contribution in [-0.4, -0.2) is 26.8 Å². The molecule has 31 heavy (non-hydrogen) atoms. The van der Waals surface area contributed by atoms with Crippen molar-refractivity contribution < 1.29 is 14.5 Å². The van der Waals surface area contributed by atoms with E-state index in [1.165, 1.54) is 17.8 Å². The third-order valence-electron chi connectivity index (χ3n) is 4.42.